The molecule has 32 heavy (non-hydrogen) atoms. The van der Waals surface area contributed by atoms with E-state index in [1.54, 1.807) is 28.3 Å². The van der Waals surface area contributed by atoms with Crippen LogP contribution in [0.1, 0.15) is 33.7 Å². The van der Waals surface area contributed by atoms with Crippen molar-refractivity contribution in [3.8, 4) is 11.6 Å². The Labute approximate surface area is 182 Å². The fourth-order valence-corrected chi connectivity index (χ4v) is 4.20. The molecule has 1 aliphatic rings. The average molecular weight is 425 g/mol. The number of amides is 1. The van der Waals surface area contributed by atoms with Gasteiger partial charge in [0.1, 0.15) is 11.7 Å². The fourth-order valence-electron chi connectivity index (χ4n) is 4.20. The predicted octanol–water partition coefficient (Wildman–Crippen LogP) is 3.13. The SMILES string of the molecule is Cn1cnc(-c2ncc(C(=O)N3CCc4[nH]cnc4[C@@H]3c3cc4ccccc4cn3)o2)c1. The smallest absolute Gasteiger partial charge is 0.292 e. The Hall–Kier alpha value is -4.27. The van der Waals surface area contributed by atoms with E-state index in [1.807, 2.05) is 43.6 Å². The summed E-state index contributed by atoms with van der Waals surface area (Å²) in [7, 11) is 1.86. The van der Waals surface area contributed by atoms with Gasteiger partial charge in [0, 0.05) is 43.5 Å². The van der Waals surface area contributed by atoms with Crippen molar-refractivity contribution in [2.75, 3.05) is 6.54 Å². The molecule has 0 saturated heterocycles. The Morgan fingerprint density at radius 3 is 2.84 bits per heavy atom. The molecule has 1 aromatic carbocycles. The fraction of sp³-hybridized carbons (Fsp3) is 0.174. The summed E-state index contributed by atoms with van der Waals surface area (Å²) in [4.78, 5) is 36.2. The number of H-pyrrole nitrogens is 1. The number of aromatic amines is 1. The van der Waals surface area contributed by atoms with Crippen molar-refractivity contribution in [3.05, 3.63) is 84.4 Å². The van der Waals surface area contributed by atoms with Gasteiger partial charge >= 0.3 is 0 Å². The van der Waals surface area contributed by atoms with Gasteiger partial charge in [0.2, 0.25) is 11.7 Å². The zero-order chi connectivity index (χ0) is 21.7. The van der Waals surface area contributed by atoms with Crippen molar-refractivity contribution in [1.29, 1.82) is 0 Å². The van der Waals surface area contributed by atoms with Crippen LogP contribution < -0.4 is 0 Å². The first kappa shape index (κ1) is 18.5. The third-order valence-electron chi connectivity index (χ3n) is 5.76. The van der Waals surface area contributed by atoms with E-state index in [4.69, 9.17) is 4.42 Å². The van der Waals surface area contributed by atoms with Gasteiger partial charge in [-0.3, -0.25) is 9.78 Å². The van der Waals surface area contributed by atoms with Crippen LogP contribution in [0.25, 0.3) is 22.4 Å². The Bertz CT molecular complexity index is 1450. The van der Waals surface area contributed by atoms with Crippen LogP contribution in [0.5, 0.6) is 0 Å². The van der Waals surface area contributed by atoms with E-state index in [9.17, 15) is 4.79 Å². The van der Waals surface area contributed by atoms with Crippen LogP contribution in [0.4, 0.5) is 0 Å². The highest BCUT2D eigenvalue weighted by atomic mass is 16.4. The molecule has 5 heterocycles. The zero-order valence-electron chi connectivity index (χ0n) is 17.3. The molecule has 0 spiro atoms. The second kappa shape index (κ2) is 7.16. The van der Waals surface area contributed by atoms with Gasteiger partial charge in [-0.05, 0) is 11.5 Å². The molecule has 4 aromatic heterocycles. The van der Waals surface area contributed by atoms with E-state index in [1.165, 1.54) is 6.20 Å². The van der Waals surface area contributed by atoms with E-state index < -0.39 is 6.04 Å². The number of nitrogens with one attached hydrogen (secondary N) is 1. The van der Waals surface area contributed by atoms with Crippen molar-refractivity contribution in [1.82, 2.24) is 34.4 Å². The Morgan fingerprint density at radius 1 is 1.12 bits per heavy atom. The van der Waals surface area contributed by atoms with E-state index in [0.717, 1.165) is 27.9 Å². The quantitative estimate of drug-likeness (QED) is 0.476. The highest BCUT2D eigenvalue weighted by Crippen LogP contribution is 2.34. The summed E-state index contributed by atoms with van der Waals surface area (Å²) in [5.74, 6) is 0.218. The Balaban J connectivity index is 1.40. The monoisotopic (exact) mass is 425 g/mol. The molecule has 1 aliphatic heterocycles. The molecule has 0 unspecified atom stereocenters. The molecule has 158 valence electrons. The normalized spacial score (nSPS) is 15.8. The molecule has 0 saturated carbocycles. The molecular weight excluding hydrogens is 406 g/mol. The largest absolute Gasteiger partial charge is 0.429 e. The van der Waals surface area contributed by atoms with Gasteiger partial charge in [-0.15, -0.1) is 0 Å². The molecule has 1 N–H and O–H groups in total. The number of aryl methyl sites for hydroxylation is 1. The third kappa shape index (κ3) is 2.97. The topological polar surface area (TPSA) is 106 Å². The molecular formula is C23H19N7O2. The lowest BCUT2D eigenvalue weighted by molar-refractivity contribution is 0.0655. The first-order chi connectivity index (χ1) is 15.7. The van der Waals surface area contributed by atoms with Gasteiger partial charge < -0.3 is 18.9 Å². The number of imidazole rings is 2. The summed E-state index contributed by atoms with van der Waals surface area (Å²) in [6.45, 7) is 0.507. The lowest BCUT2D eigenvalue weighted by Gasteiger charge is -2.34. The minimum absolute atomic E-state index is 0.162. The van der Waals surface area contributed by atoms with Gasteiger partial charge in [0.25, 0.3) is 5.91 Å². The molecule has 1 amide bonds. The van der Waals surface area contributed by atoms with E-state index in [2.05, 4.69) is 24.9 Å². The third-order valence-corrected chi connectivity index (χ3v) is 5.76. The second-order valence-corrected chi connectivity index (χ2v) is 7.83. The average Bonchev–Trinajstić information content (AvgIpc) is 3.58. The molecule has 0 bridgehead atoms. The number of carbonyl (C=O) groups excluding carboxylic acids is 1. The van der Waals surface area contributed by atoms with Crippen LogP contribution in [-0.2, 0) is 13.5 Å². The van der Waals surface area contributed by atoms with E-state index in [0.29, 0.717) is 24.6 Å². The van der Waals surface area contributed by atoms with Gasteiger partial charge in [0.15, 0.2) is 0 Å². The number of hydrogen-bond donors (Lipinski definition) is 1. The summed E-state index contributed by atoms with van der Waals surface area (Å²) in [6.07, 6.45) is 9.08. The standard InChI is InChI=1S/C23H19N7O2/c1-29-11-18(28-13-29)22-25-10-19(32-22)23(31)30-7-6-16-20(27-12-26-16)21(30)17-8-14-4-2-3-5-15(14)9-24-17/h2-5,8-13,21H,6-7H2,1H3,(H,26,27)/t21-/m0/s1. The summed E-state index contributed by atoms with van der Waals surface area (Å²) >= 11 is 0. The number of fused-ring (bicyclic) bond motifs is 2. The predicted molar refractivity (Wildman–Crippen MR) is 116 cm³/mol. The molecule has 0 fully saturated rings. The zero-order valence-corrected chi connectivity index (χ0v) is 17.3. The van der Waals surface area contributed by atoms with Crippen LogP contribution in [0, 0.1) is 0 Å². The van der Waals surface area contributed by atoms with Crippen molar-refractivity contribution in [2.24, 2.45) is 7.05 Å². The number of carbonyl (C=O) groups is 1. The van der Waals surface area contributed by atoms with Crippen molar-refractivity contribution >= 4 is 16.7 Å². The lowest BCUT2D eigenvalue weighted by atomic mass is 9.97. The molecule has 6 rings (SSSR count). The minimum Gasteiger partial charge on any atom is -0.429 e. The molecule has 9 heteroatoms. The maximum Gasteiger partial charge on any atom is 0.292 e. The number of oxazole rings is 1. The first-order valence-corrected chi connectivity index (χ1v) is 10.3. The minimum atomic E-state index is -0.425. The van der Waals surface area contributed by atoms with Crippen molar-refractivity contribution < 1.29 is 9.21 Å². The number of nitrogens with zero attached hydrogens (tertiary/aromatic N) is 6. The number of aromatic nitrogens is 6. The van der Waals surface area contributed by atoms with Crippen LogP contribution in [0.2, 0.25) is 0 Å². The maximum atomic E-state index is 13.5. The van der Waals surface area contributed by atoms with Crippen LogP contribution >= 0.6 is 0 Å². The van der Waals surface area contributed by atoms with Gasteiger partial charge in [-0.1, -0.05) is 24.3 Å². The van der Waals surface area contributed by atoms with Crippen molar-refractivity contribution in [2.45, 2.75) is 12.5 Å². The first-order valence-electron chi connectivity index (χ1n) is 10.3. The summed E-state index contributed by atoms with van der Waals surface area (Å²) < 4.78 is 7.59. The van der Waals surface area contributed by atoms with Crippen LogP contribution in [0.15, 0.2) is 66.0 Å². The number of pyridine rings is 1. The number of benzene rings is 1. The molecule has 1 atom stereocenters. The van der Waals surface area contributed by atoms with Gasteiger partial charge in [-0.25, -0.2) is 15.0 Å². The molecule has 9 nitrogen and oxygen atoms in total. The summed E-state index contributed by atoms with van der Waals surface area (Å²) in [5, 5.41) is 2.10. The summed E-state index contributed by atoms with van der Waals surface area (Å²) in [5.41, 5.74) is 3.15. The highest BCUT2D eigenvalue weighted by molar-refractivity contribution is 5.92. The van der Waals surface area contributed by atoms with Crippen LogP contribution in [-0.4, -0.2) is 46.8 Å². The number of hydrogen-bond acceptors (Lipinski definition) is 6. The second-order valence-electron chi connectivity index (χ2n) is 7.83. The molecule has 0 aliphatic carbocycles. The maximum absolute atomic E-state index is 13.5. The van der Waals surface area contributed by atoms with Gasteiger partial charge in [-0.2, -0.15) is 0 Å². The van der Waals surface area contributed by atoms with Gasteiger partial charge in [0.05, 0.1) is 30.2 Å². The highest BCUT2D eigenvalue weighted by Gasteiger charge is 2.37. The summed E-state index contributed by atoms with van der Waals surface area (Å²) in [6, 6.07) is 9.62. The van der Waals surface area contributed by atoms with Crippen molar-refractivity contribution in [3.63, 3.8) is 0 Å². The van der Waals surface area contributed by atoms with E-state index >= 15 is 0 Å². The Morgan fingerprint density at radius 2 is 2.00 bits per heavy atom. The number of rotatable bonds is 3. The van der Waals surface area contributed by atoms with Crippen LogP contribution in [0.3, 0.4) is 0 Å². The lowest BCUT2D eigenvalue weighted by Crippen LogP contribution is -2.41. The molecule has 0 radical (unpaired) electrons. The van der Waals surface area contributed by atoms with E-state index in [-0.39, 0.29) is 11.7 Å². The molecule has 5 aromatic rings. The Kier molecular flexibility index (Phi) is 4.14.